The number of benzene rings is 1. The van der Waals surface area contributed by atoms with Gasteiger partial charge in [-0.1, -0.05) is 0 Å². The minimum atomic E-state index is -0.282. The van der Waals surface area contributed by atoms with Gasteiger partial charge in [-0.15, -0.1) is 20.4 Å². The van der Waals surface area contributed by atoms with Crippen molar-refractivity contribution in [3.8, 4) is 17.1 Å². The molecule has 0 bridgehead atoms. The lowest BCUT2D eigenvalue weighted by Gasteiger charge is -1.98. The number of hydrogen-bond donors (Lipinski definition) is 2. The second-order valence-corrected chi connectivity index (χ2v) is 2.84. The van der Waals surface area contributed by atoms with Crippen LogP contribution in [0, 0.1) is 0 Å². The molecule has 2 N–H and O–H groups in total. The molecule has 6 nitrogen and oxygen atoms in total. The largest absolute Gasteiger partial charge is 0.508 e. The predicted octanol–water partition coefficient (Wildman–Crippen LogP) is 0.131. The van der Waals surface area contributed by atoms with E-state index < -0.39 is 0 Å². The van der Waals surface area contributed by atoms with Crippen LogP contribution in [0.2, 0.25) is 0 Å². The van der Waals surface area contributed by atoms with Crippen LogP contribution in [0.5, 0.6) is 5.75 Å². The summed E-state index contributed by atoms with van der Waals surface area (Å²) in [6, 6.07) is 6.37. The van der Waals surface area contributed by atoms with Crippen molar-refractivity contribution < 1.29 is 10.2 Å². The highest BCUT2D eigenvalue weighted by atomic mass is 16.3. The lowest BCUT2D eigenvalue weighted by molar-refractivity contribution is 0.267. The number of aliphatic hydroxyl groups is 1. The van der Waals surface area contributed by atoms with Crippen molar-refractivity contribution in [2.75, 3.05) is 0 Å². The van der Waals surface area contributed by atoms with Crippen LogP contribution in [-0.4, -0.2) is 30.6 Å². The van der Waals surface area contributed by atoms with Crippen molar-refractivity contribution in [3.05, 3.63) is 30.1 Å². The Kier molecular flexibility index (Phi) is 2.51. The zero-order valence-corrected chi connectivity index (χ0v) is 7.70. The molecule has 0 atom stereocenters. The van der Waals surface area contributed by atoms with Crippen LogP contribution in [0.3, 0.4) is 0 Å². The third-order valence-electron chi connectivity index (χ3n) is 1.79. The third-order valence-corrected chi connectivity index (χ3v) is 1.79. The first-order valence-electron chi connectivity index (χ1n) is 4.26. The highest BCUT2D eigenvalue weighted by Gasteiger charge is 2.03. The van der Waals surface area contributed by atoms with E-state index in [-0.39, 0.29) is 18.2 Å². The number of aliphatic hydroxyl groups excluding tert-OH is 1. The summed E-state index contributed by atoms with van der Waals surface area (Å²) < 4.78 is 0. The fourth-order valence-electron chi connectivity index (χ4n) is 1.04. The zero-order chi connectivity index (χ0) is 10.7. The molecule has 0 saturated carbocycles. The Labute approximate surface area is 85.3 Å². The van der Waals surface area contributed by atoms with Crippen molar-refractivity contribution in [3.63, 3.8) is 0 Å². The van der Waals surface area contributed by atoms with Gasteiger partial charge in [0.15, 0.2) is 5.82 Å². The second-order valence-electron chi connectivity index (χ2n) is 2.84. The maximum Gasteiger partial charge on any atom is 0.203 e. The molecule has 1 aromatic carbocycles. The normalized spacial score (nSPS) is 10.2. The van der Waals surface area contributed by atoms with Crippen molar-refractivity contribution in [2.45, 2.75) is 6.61 Å². The van der Waals surface area contributed by atoms with Gasteiger partial charge < -0.3 is 10.2 Å². The maximum absolute atomic E-state index is 9.08. The summed E-state index contributed by atoms with van der Waals surface area (Å²) in [7, 11) is 0. The van der Waals surface area contributed by atoms with Crippen molar-refractivity contribution in [1.82, 2.24) is 20.4 Å². The molecule has 2 aromatic rings. The number of aromatic nitrogens is 4. The monoisotopic (exact) mass is 204 g/mol. The van der Waals surface area contributed by atoms with E-state index in [0.29, 0.717) is 11.4 Å². The Morgan fingerprint density at radius 1 is 0.933 bits per heavy atom. The minimum Gasteiger partial charge on any atom is -0.508 e. The number of phenols is 1. The molecule has 15 heavy (non-hydrogen) atoms. The van der Waals surface area contributed by atoms with Crippen molar-refractivity contribution in [1.29, 1.82) is 0 Å². The van der Waals surface area contributed by atoms with E-state index in [0.717, 1.165) is 0 Å². The highest BCUT2D eigenvalue weighted by molar-refractivity contribution is 5.54. The van der Waals surface area contributed by atoms with E-state index in [4.69, 9.17) is 10.2 Å². The molecule has 0 amide bonds. The van der Waals surface area contributed by atoms with Gasteiger partial charge in [0.05, 0.1) is 0 Å². The standard InChI is InChI=1S/C9H8N4O2/c14-5-8-10-12-9(13-11-8)6-1-3-7(15)4-2-6/h1-4,14-15H,5H2. The molecule has 0 aliphatic rings. The molecule has 0 aliphatic heterocycles. The fourth-order valence-corrected chi connectivity index (χ4v) is 1.04. The summed E-state index contributed by atoms with van der Waals surface area (Å²) >= 11 is 0. The van der Waals surface area contributed by atoms with Crippen molar-refractivity contribution >= 4 is 0 Å². The number of hydrogen-bond acceptors (Lipinski definition) is 6. The van der Waals surface area contributed by atoms with Crippen molar-refractivity contribution in [2.24, 2.45) is 0 Å². The average molecular weight is 204 g/mol. The Bertz CT molecular complexity index is 441. The average Bonchev–Trinajstić information content (AvgIpc) is 2.30. The SMILES string of the molecule is OCc1nnc(-c2ccc(O)cc2)nn1. The van der Waals surface area contributed by atoms with Crippen LogP contribution in [0.4, 0.5) is 0 Å². The number of phenolic OH excluding ortho intramolecular Hbond substituents is 1. The van der Waals surface area contributed by atoms with Crippen LogP contribution in [0.1, 0.15) is 5.82 Å². The molecule has 6 heteroatoms. The van der Waals surface area contributed by atoms with E-state index in [1.165, 1.54) is 12.1 Å². The third kappa shape index (κ3) is 2.05. The molecule has 0 fully saturated rings. The summed E-state index contributed by atoms with van der Waals surface area (Å²) in [5.41, 5.74) is 0.706. The van der Waals surface area contributed by atoms with Gasteiger partial charge in [-0.2, -0.15) is 0 Å². The smallest absolute Gasteiger partial charge is 0.203 e. The van der Waals surface area contributed by atoms with E-state index in [9.17, 15) is 0 Å². The summed E-state index contributed by atoms with van der Waals surface area (Å²) in [6.07, 6.45) is 0. The molecule has 1 aromatic heterocycles. The molecule has 1 heterocycles. The van der Waals surface area contributed by atoms with E-state index >= 15 is 0 Å². The molecule has 0 unspecified atom stereocenters. The molecule has 0 aliphatic carbocycles. The van der Waals surface area contributed by atoms with Crippen LogP contribution in [0.25, 0.3) is 11.4 Å². The lowest BCUT2D eigenvalue weighted by atomic mass is 10.2. The fraction of sp³-hybridized carbons (Fsp3) is 0.111. The molecule has 0 radical (unpaired) electrons. The molecule has 0 spiro atoms. The summed E-state index contributed by atoms with van der Waals surface area (Å²) in [5, 5.41) is 32.7. The zero-order valence-electron chi connectivity index (χ0n) is 7.70. The number of aromatic hydroxyl groups is 1. The first kappa shape index (κ1) is 9.47. The predicted molar refractivity (Wildman–Crippen MR) is 50.6 cm³/mol. The maximum atomic E-state index is 9.08. The van der Waals surface area contributed by atoms with Gasteiger partial charge in [0, 0.05) is 5.56 Å². The molecular formula is C9H8N4O2. The Hall–Kier alpha value is -2.08. The number of nitrogens with zero attached hydrogens (tertiary/aromatic N) is 4. The van der Waals surface area contributed by atoms with Gasteiger partial charge >= 0.3 is 0 Å². The quantitative estimate of drug-likeness (QED) is 0.722. The second kappa shape index (κ2) is 3.97. The van der Waals surface area contributed by atoms with Gasteiger partial charge in [0.25, 0.3) is 0 Å². The lowest BCUT2D eigenvalue weighted by Crippen LogP contribution is -2.02. The van der Waals surface area contributed by atoms with Crippen LogP contribution < -0.4 is 0 Å². The van der Waals surface area contributed by atoms with Crippen LogP contribution in [0.15, 0.2) is 24.3 Å². The molecule has 0 saturated heterocycles. The Morgan fingerprint density at radius 2 is 1.53 bits per heavy atom. The first-order chi connectivity index (χ1) is 7.29. The van der Waals surface area contributed by atoms with Gasteiger partial charge in [-0.3, -0.25) is 0 Å². The summed E-state index contributed by atoms with van der Waals surface area (Å²) in [5.74, 6) is 0.705. The molecule has 2 rings (SSSR count). The Balaban J connectivity index is 2.33. The van der Waals surface area contributed by atoms with E-state index in [1.807, 2.05) is 0 Å². The van der Waals surface area contributed by atoms with Gasteiger partial charge in [-0.05, 0) is 24.3 Å². The topological polar surface area (TPSA) is 92.0 Å². The number of rotatable bonds is 2. The minimum absolute atomic E-state index is 0.173. The molecule has 76 valence electrons. The first-order valence-corrected chi connectivity index (χ1v) is 4.26. The van der Waals surface area contributed by atoms with Gasteiger partial charge in [0.2, 0.25) is 5.82 Å². The summed E-state index contributed by atoms with van der Waals surface area (Å²) in [6.45, 7) is -0.282. The highest BCUT2D eigenvalue weighted by Crippen LogP contribution is 2.16. The van der Waals surface area contributed by atoms with Crippen LogP contribution >= 0.6 is 0 Å². The van der Waals surface area contributed by atoms with E-state index in [1.54, 1.807) is 12.1 Å². The van der Waals surface area contributed by atoms with E-state index in [2.05, 4.69) is 20.4 Å². The summed E-state index contributed by atoms with van der Waals surface area (Å²) in [4.78, 5) is 0. The Morgan fingerprint density at radius 3 is 2.07 bits per heavy atom. The molecular weight excluding hydrogens is 196 g/mol. The van der Waals surface area contributed by atoms with Gasteiger partial charge in [0.1, 0.15) is 12.4 Å². The van der Waals surface area contributed by atoms with Crippen LogP contribution in [-0.2, 0) is 6.61 Å². The van der Waals surface area contributed by atoms with Gasteiger partial charge in [-0.25, -0.2) is 0 Å².